The Morgan fingerprint density at radius 2 is 2.18 bits per heavy atom. The predicted octanol–water partition coefficient (Wildman–Crippen LogP) is 2.94. The summed E-state index contributed by atoms with van der Waals surface area (Å²) < 4.78 is 7.09. The minimum absolute atomic E-state index is 0.0264. The molecular weight excluding hydrogens is 240 g/mol. The summed E-state index contributed by atoms with van der Waals surface area (Å²) in [6, 6.07) is 0. The van der Waals surface area contributed by atoms with Crippen molar-refractivity contribution in [1.29, 1.82) is 0 Å². The number of carbonyl (C=O) groups excluding carboxylic acids is 1. The second-order valence-corrected chi connectivity index (χ2v) is 5.30. The van der Waals surface area contributed by atoms with Crippen molar-refractivity contribution in [1.82, 2.24) is 9.78 Å². The zero-order chi connectivity index (χ0) is 13.1. The van der Waals surface area contributed by atoms with Gasteiger partial charge in [0.2, 0.25) is 5.78 Å². The van der Waals surface area contributed by atoms with E-state index < -0.39 is 0 Å². The first-order chi connectivity index (χ1) is 7.85. The number of rotatable bonds is 5. The monoisotopic (exact) mass is 258 g/mol. The molecule has 0 spiro atoms. The van der Waals surface area contributed by atoms with Crippen molar-refractivity contribution in [3.05, 3.63) is 16.9 Å². The third-order valence-electron chi connectivity index (χ3n) is 2.13. The summed E-state index contributed by atoms with van der Waals surface area (Å²) >= 11 is 5.97. The largest absolute Gasteiger partial charge is 0.368 e. The van der Waals surface area contributed by atoms with E-state index in [1.165, 1.54) is 6.20 Å². The highest BCUT2D eigenvalue weighted by Gasteiger charge is 2.20. The summed E-state index contributed by atoms with van der Waals surface area (Å²) in [6.45, 7) is 8.46. The van der Waals surface area contributed by atoms with Crippen LogP contribution in [0.15, 0.2) is 6.20 Å². The summed E-state index contributed by atoms with van der Waals surface area (Å²) in [7, 11) is 0. The van der Waals surface area contributed by atoms with Crippen LogP contribution in [0.2, 0.25) is 5.02 Å². The summed E-state index contributed by atoms with van der Waals surface area (Å²) in [5, 5.41) is 4.47. The van der Waals surface area contributed by atoms with E-state index in [1.54, 1.807) is 4.68 Å². The van der Waals surface area contributed by atoms with Crippen molar-refractivity contribution in [2.24, 2.45) is 0 Å². The number of ether oxygens (including phenoxy) is 1. The van der Waals surface area contributed by atoms with Crippen LogP contribution in [-0.2, 0) is 11.3 Å². The van der Waals surface area contributed by atoms with Gasteiger partial charge in [-0.15, -0.1) is 0 Å². The molecule has 0 aliphatic rings. The Balaban J connectivity index is 2.77. The van der Waals surface area contributed by atoms with Crippen LogP contribution in [0.5, 0.6) is 0 Å². The first kappa shape index (κ1) is 14.2. The smallest absolute Gasteiger partial charge is 0.207 e. The molecule has 4 nitrogen and oxygen atoms in total. The van der Waals surface area contributed by atoms with Crippen LogP contribution in [0, 0.1) is 0 Å². The summed E-state index contributed by atoms with van der Waals surface area (Å²) in [5.41, 5.74) is 0.107. The summed E-state index contributed by atoms with van der Waals surface area (Å²) in [4.78, 5) is 12.0. The van der Waals surface area contributed by atoms with Gasteiger partial charge in [0.25, 0.3) is 0 Å². The Morgan fingerprint density at radius 3 is 2.71 bits per heavy atom. The highest BCUT2D eigenvalue weighted by Crippen LogP contribution is 2.17. The Hall–Kier alpha value is -0.870. The summed E-state index contributed by atoms with van der Waals surface area (Å²) in [6.07, 6.45) is 2.40. The standard InChI is InChI=1S/C12H19ClN2O2/c1-5-6-15-11(9(13)7-14-15)10(16)8-17-12(2,3)4/h7H,5-6,8H2,1-4H3. The van der Waals surface area contributed by atoms with Crippen LogP contribution >= 0.6 is 11.6 Å². The van der Waals surface area contributed by atoms with Gasteiger partial charge in [0.15, 0.2) is 0 Å². The fourth-order valence-corrected chi connectivity index (χ4v) is 1.62. The van der Waals surface area contributed by atoms with Gasteiger partial charge in [-0.2, -0.15) is 5.10 Å². The number of halogens is 1. The molecule has 0 bridgehead atoms. The average molecular weight is 259 g/mol. The Labute approximate surface area is 107 Å². The molecule has 1 heterocycles. The number of ketones is 1. The minimum atomic E-state index is -0.336. The maximum absolute atomic E-state index is 12.0. The second kappa shape index (κ2) is 5.65. The molecule has 0 N–H and O–H groups in total. The molecule has 0 saturated carbocycles. The van der Waals surface area contributed by atoms with E-state index in [-0.39, 0.29) is 18.0 Å². The summed E-state index contributed by atoms with van der Waals surface area (Å²) in [5.74, 6) is -0.129. The van der Waals surface area contributed by atoms with Crippen molar-refractivity contribution in [3.8, 4) is 0 Å². The van der Waals surface area contributed by atoms with Crippen LogP contribution in [0.25, 0.3) is 0 Å². The Kier molecular flexibility index (Phi) is 4.71. The lowest BCUT2D eigenvalue weighted by Crippen LogP contribution is -2.25. The van der Waals surface area contributed by atoms with Gasteiger partial charge in [-0.3, -0.25) is 9.48 Å². The molecule has 0 amide bonds. The molecular formula is C12H19ClN2O2. The Bertz CT molecular complexity index is 394. The van der Waals surface area contributed by atoms with E-state index in [0.717, 1.165) is 6.42 Å². The van der Waals surface area contributed by atoms with E-state index in [9.17, 15) is 4.79 Å². The van der Waals surface area contributed by atoms with Crippen LogP contribution in [-0.4, -0.2) is 27.8 Å². The van der Waals surface area contributed by atoms with Gasteiger partial charge < -0.3 is 4.74 Å². The molecule has 0 aromatic carbocycles. The number of Topliss-reactive ketones (excluding diaryl/α,β-unsaturated/α-hetero) is 1. The third kappa shape index (κ3) is 4.13. The molecule has 0 radical (unpaired) electrons. The zero-order valence-electron chi connectivity index (χ0n) is 10.8. The lowest BCUT2D eigenvalue weighted by Gasteiger charge is -2.19. The normalized spacial score (nSPS) is 11.8. The first-order valence-electron chi connectivity index (χ1n) is 5.73. The predicted molar refractivity (Wildman–Crippen MR) is 67.6 cm³/mol. The van der Waals surface area contributed by atoms with Gasteiger partial charge in [0.05, 0.1) is 16.8 Å². The fourth-order valence-electron chi connectivity index (χ4n) is 1.37. The van der Waals surface area contributed by atoms with Crippen molar-refractivity contribution in [2.45, 2.75) is 46.3 Å². The molecule has 1 aromatic rings. The molecule has 1 aromatic heterocycles. The van der Waals surface area contributed by atoms with E-state index in [1.807, 2.05) is 27.7 Å². The third-order valence-corrected chi connectivity index (χ3v) is 2.41. The first-order valence-corrected chi connectivity index (χ1v) is 6.11. The van der Waals surface area contributed by atoms with Gasteiger partial charge in [0, 0.05) is 6.54 Å². The molecule has 96 valence electrons. The molecule has 0 unspecified atom stereocenters. The van der Waals surface area contributed by atoms with E-state index in [2.05, 4.69) is 5.10 Å². The van der Waals surface area contributed by atoms with E-state index in [0.29, 0.717) is 17.3 Å². The maximum Gasteiger partial charge on any atom is 0.207 e. The number of carbonyl (C=O) groups is 1. The molecule has 0 aliphatic heterocycles. The number of hydrogen-bond donors (Lipinski definition) is 0. The number of aryl methyl sites for hydroxylation is 1. The maximum atomic E-state index is 12.0. The van der Waals surface area contributed by atoms with Crippen LogP contribution in [0.1, 0.15) is 44.6 Å². The van der Waals surface area contributed by atoms with Crippen molar-refractivity contribution < 1.29 is 9.53 Å². The van der Waals surface area contributed by atoms with Crippen molar-refractivity contribution in [3.63, 3.8) is 0 Å². The molecule has 0 fully saturated rings. The quantitative estimate of drug-likeness (QED) is 0.763. The van der Waals surface area contributed by atoms with Crippen molar-refractivity contribution in [2.75, 3.05) is 6.61 Å². The lowest BCUT2D eigenvalue weighted by molar-refractivity contribution is 0.00265. The molecule has 17 heavy (non-hydrogen) atoms. The highest BCUT2D eigenvalue weighted by molar-refractivity contribution is 6.33. The topological polar surface area (TPSA) is 44.1 Å². The molecule has 0 aliphatic carbocycles. The highest BCUT2D eigenvalue weighted by atomic mass is 35.5. The second-order valence-electron chi connectivity index (χ2n) is 4.89. The lowest BCUT2D eigenvalue weighted by atomic mass is 10.2. The van der Waals surface area contributed by atoms with Crippen LogP contribution in [0.4, 0.5) is 0 Å². The minimum Gasteiger partial charge on any atom is -0.368 e. The van der Waals surface area contributed by atoms with E-state index in [4.69, 9.17) is 16.3 Å². The average Bonchev–Trinajstić information content (AvgIpc) is 2.56. The SMILES string of the molecule is CCCn1ncc(Cl)c1C(=O)COC(C)(C)C. The molecule has 0 saturated heterocycles. The van der Waals surface area contributed by atoms with Crippen LogP contribution < -0.4 is 0 Å². The number of nitrogens with zero attached hydrogens (tertiary/aromatic N) is 2. The van der Waals surface area contributed by atoms with E-state index >= 15 is 0 Å². The van der Waals surface area contributed by atoms with Gasteiger partial charge >= 0.3 is 0 Å². The van der Waals surface area contributed by atoms with Gasteiger partial charge in [0.1, 0.15) is 12.3 Å². The Morgan fingerprint density at radius 1 is 1.53 bits per heavy atom. The molecule has 0 atom stereocenters. The van der Waals surface area contributed by atoms with Crippen molar-refractivity contribution >= 4 is 17.4 Å². The van der Waals surface area contributed by atoms with Crippen LogP contribution in [0.3, 0.4) is 0 Å². The number of aromatic nitrogens is 2. The number of hydrogen-bond acceptors (Lipinski definition) is 3. The molecule has 1 rings (SSSR count). The zero-order valence-corrected chi connectivity index (χ0v) is 11.5. The van der Waals surface area contributed by atoms with Gasteiger partial charge in [-0.25, -0.2) is 0 Å². The van der Waals surface area contributed by atoms with Gasteiger partial charge in [-0.05, 0) is 27.2 Å². The fraction of sp³-hybridized carbons (Fsp3) is 0.667. The molecule has 5 heteroatoms. The van der Waals surface area contributed by atoms with Gasteiger partial charge in [-0.1, -0.05) is 18.5 Å².